The molecule has 5 heteroatoms. The van der Waals surface area contributed by atoms with Crippen molar-refractivity contribution in [2.24, 2.45) is 4.99 Å². The maximum absolute atomic E-state index is 5.84. The van der Waals surface area contributed by atoms with Crippen molar-refractivity contribution in [1.29, 1.82) is 0 Å². The molecule has 0 saturated carbocycles. The maximum atomic E-state index is 5.84. The molecular weight excluding hydrogens is 331 g/mol. The molecule has 0 aliphatic rings. The Labute approximate surface area is 147 Å². The van der Waals surface area contributed by atoms with Crippen molar-refractivity contribution < 1.29 is 4.74 Å². The Bertz CT molecular complexity index is 606. The number of halogens is 2. The number of nitrogens with zero attached hydrogens (tertiary/aromatic N) is 2. The Hall–Kier alpha value is -1.71. The maximum Gasteiger partial charge on any atom is 0.119 e. The summed E-state index contributed by atoms with van der Waals surface area (Å²) in [5, 5.41) is 0. The molecule has 2 rings (SSSR count). The predicted molar refractivity (Wildman–Crippen MR) is 100 cm³/mol. The lowest BCUT2D eigenvalue weighted by Crippen LogP contribution is -2.27. The largest absolute Gasteiger partial charge is 0.497 e. The summed E-state index contributed by atoms with van der Waals surface area (Å²) in [6.45, 7) is 1.57. The Morgan fingerprint density at radius 2 is 1.57 bits per heavy atom. The first-order valence-corrected chi connectivity index (χ1v) is 8.49. The van der Waals surface area contributed by atoms with E-state index >= 15 is 0 Å². The highest BCUT2D eigenvalue weighted by Crippen LogP contribution is 2.18. The molecular formula is C18H20Cl2N2O. The Morgan fingerprint density at radius 1 is 0.957 bits per heavy atom. The van der Waals surface area contributed by atoms with Crippen LogP contribution >= 0.6 is 23.2 Å². The van der Waals surface area contributed by atoms with E-state index in [-0.39, 0.29) is 0 Å². The molecule has 0 heterocycles. The van der Waals surface area contributed by atoms with E-state index in [9.17, 15) is 0 Å². The van der Waals surface area contributed by atoms with Gasteiger partial charge in [0.05, 0.1) is 12.8 Å². The van der Waals surface area contributed by atoms with Crippen molar-refractivity contribution in [2.75, 3.05) is 36.9 Å². The molecule has 0 aliphatic heterocycles. The van der Waals surface area contributed by atoms with Gasteiger partial charge in [-0.3, -0.25) is 4.99 Å². The summed E-state index contributed by atoms with van der Waals surface area (Å²) < 4.78 is 5.13. The quantitative estimate of drug-likeness (QED) is 0.507. The van der Waals surface area contributed by atoms with Gasteiger partial charge in [-0.15, -0.1) is 23.2 Å². The second kappa shape index (κ2) is 9.43. The van der Waals surface area contributed by atoms with E-state index in [0.29, 0.717) is 11.8 Å². The van der Waals surface area contributed by atoms with E-state index < -0.39 is 0 Å². The van der Waals surface area contributed by atoms with Gasteiger partial charge in [-0.1, -0.05) is 12.1 Å². The normalized spacial score (nSPS) is 10.9. The molecule has 0 N–H and O–H groups in total. The summed E-state index contributed by atoms with van der Waals surface area (Å²) >= 11 is 11.7. The first-order valence-electron chi connectivity index (χ1n) is 7.42. The number of hydrogen-bond donors (Lipinski definition) is 0. The van der Waals surface area contributed by atoms with Crippen LogP contribution in [0.15, 0.2) is 53.5 Å². The number of benzene rings is 2. The van der Waals surface area contributed by atoms with Crippen LogP contribution in [0.3, 0.4) is 0 Å². The van der Waals surface area contributed by atoms with Gasteiger partial charge in [-0.05, 0) is 42.0 Å². The summed E-state index contributed by atoms with van der Waals surface area (Å²) in [5.74, 6) is 1.99. The van der Waals surface area contributed by atoms with Crippen molar-refractivity contribution >= 4 is 40.8 Å². The average molecular weight is 351 g/mol. The van der Waals surface area contributed by atoms with E-state index in [4.69, 9.17) is 27.9 Å². The van der Waals surface area contributed by atoms with E-state index in [1.165, 1.54) is 0 Å². The van der Waals surface area contributed by atoms with Crippen LogP contribution in [0.2, 0.25) is 0 Å². The minimum atomic E-state index is 0.581. The molecule has 0 bridgehead atoms. The van der Waals surface area contributed by atoms with Gasteiger partial charge in [0.1, 0.15) is 5.75 Å². The number of alkyl halides is 2. The van der Waals surface area contributed by atoms with Crippen molar-refractivity contribution in [3.8, 4) is 5.75 Å². The van der Waals surface area contributed by atoms with E-state index in [2.05, 4.69) is 22.0 Å². The molecule has 0 unspecified atom stereocenters. The first kappa shape index (κ1) is 17.6. The van der Waals surface area contributed by atoms with Crippen molar-refractivity contribution in [1.82, 2.24) is 0 Å². The second-order valence-electron chi connectivity index (χ2n) is 4.91. The predicted octanol–water partition coefficient (Wildman–Crippen LogP) is 4.73. The molecule has 0 atom stereocenters. The third-order valence-corrected chi connectivity index (χ3v) is 3.74. The van der Waals surface area contributed by atoms with Gasteiger partial charge in [0, 0.05) is 36.8 Å². The standard InChI is InChI=1S/C18H20Cl2N2O/c1-23-18-8-4-16(5-9-18)21-14-15-2-6-17(7-3-15)22(12-10-19)13-11-20/h2-9,14H,10-13H2,1H3. The lowest BCUT2D eigenvalue weighted by Gasteiger charge is -2.22. The van der Waals surface area contributed by atoms with Crippen LogP contribution < -0.4 is 9.64 Å². The fraction of sp³-hybridized carbons (Fsp3) is 0.278. The highest BCUT2D eigenvalue weighted by molar-refractivity contribution is 6.18. The summed E-state index contributed by atoms with van der Waals surface area (Å²) in [5.41, 5.74) is 3.05. The smallest absolute Gasteiger partial charge is 0.119 e. The third-order valence-electron chi connectivity index (χ3n) is 3.40. The molecule has 0 radical (unpaired) electrons. The summed E-state index contributed by atoms with van der Waals surface area (Å²) in [4.78, 5) is 6.63. The fourth-order valence-electron chi connectivity index (χ4n) is 2.16. The van der Waals surface area contributed by atoms with Crippen molar-refractivity contribution in [2.45, 2.75) is 0 Å². The highest BCUT2D eigenvalue weighted by Gasteiger charge is 2.04. The van der Waals surface area contributed by atoms with E-state index in [1.54, 1.807) is 7.11 Å². The zero-order valence-corrected chi connectivity index (χ0v) is 14.6. The molecule has 0 fully saturated rings. The molecule has 0 aliphatic carbocycles. The first-order chi connectivity index (χ1) is 11.3. The number of hydrogen-bond acceptors (Lipinski definition) is 3. The molecule has 3 nitrogen and oxygen atoms in total. The lowest BCUT2D eigenvalue weighted by atomic mass is 10.2. The summed E-state index contributed by atoms with van der Waals surface area (Å²) in [6.07, 6.45) is 1.85. The molecule has 0 spiro atoms. The van der Waals surface area contributed by atoms with Crippen LogP contribution in [0.1, 0.15) is 5.56 Å². The molecule has 0 amide bonds. The third kappa shape index (κ3) is 5.45. The van der Waals surface area contributed by atoms with Crippen LogP contribution in [0.5, 0.6) is 5.75 Å². The van der Waals surface area contributed by atoms with Crippen LogP contribution in [-0.2, 0) is 0 Å². The lowest BCUT2D eigenvalue weighted by molar-refractivity contribution is 0.415. The SMILES string of the molecule is COc1ccc(N=Cc2ccc(N(CCCl)CCCl)cc2)cc1. The number of rotatable bonds is 8. The van der Waals surface area contributed by atoms with Gasteiger partial charge in [-0.2, -0.15) is 0 Å². The zero-order valence-electron chi connectivity index (χ0n) is 13.1. The van der Waals surface area contributed by atoms with Gasteiger partial charge < -0.3 is 9.64 Å². The van der Waals surface area contributed by atoms with Crippen molar-refractivity contribution in [3.63, 3.8) is 0 Å². The molecule has 0 saturated heterocycles. The van der Waals surface area contributed by atoms with Gasteiger partial charge in [0.2, 0.25) is 0 Å². The van der Waals surface area contributed by atoms with E-state index in [0.717, 1.165) is 35.8 Å². The minimum Gasteiger partial charge on any atom is -0.497 e. The van der Waals surface area contributed by atoms with Gasteiger partial charge >= 0.3 is 0 Å². The number of aliphatic imine (C=N–C) groups is 1. The molecule has 0 aromatic heterocycles. The number of anilines is 1. The average Bonchev–Trinajstić information content (AvgIpc) is 2.61. The molecule has 122 valence electrons. The highest BCUT2D eigenvalue weighted by atomic mass is 35.5. The monoisotopic (exact) mass is 350 g/mol. The second-order valence-corrected chi connectivity index (χ2v) is 5.67. The number of ether oxygens (including phenoxy) is 1. The molecule has 23 heavy (non-hydrogen) atoms. The Morgan fingerprint density at radius 3 is 2.09 bits per heavy atom. The van der Waals surface area contributed by atoms with Gasteiger partial charge in [0.15, 0.2) is 0 Å². The van der Waals surface area contributed by atoms with Gasteiger partial charge in [-0.25, -0.2) is 0 Å². The fourth-order valence-corrected chi connectivity index (χ4v) is 2.57. The van der Waals surface area contributed by atoms with E-state index in [1.807, 2.05) is 42.6 Å². The summed E-state index contributed by atoms with van der Waals surface area (Å²) in [6, 6.07) is 15.8. The topological polar surface area (TPSA) is 24.8 Å². The Kier molecular flexibility index (Phi) is 7.24. The zero-order chi connectivity index (χ0) is 16.5. The number of methoxy groups -OCH3 is 1. The summed E-state index contributed by atoms with van der Waals surface area (Å²) in [7, 11) is 1.65. The molecule has 2 aromatic carbocycles. The molecule has 2 aromatic rings. The van der Waals surface area contributed by atoms with Crippen LogP contribution in [0.4, 0.5) is 11.4 Å². The van der Waals surface area contributed by atoms with Gasteiger partial charge in [0.25, 0.3) is 0 Å². The van der Waals surface area contributed by atoms with Crippen LogP contribution in [0, 0.1) is 0 Å². The van der Waals surface area contributed by atoms with Crippen molar-refractivity contribution in [3.05, 3.63) is 54.1 Å². The van der Waals surface area contributed by atoms with Crippen LogP contribution in [0.25, 0.3) is 0 Å². The Balaban J connectivity index is 2.04. The minimum absolute atomic E-state index is 0.581. The van der Waals surface area contributed by atoms with Crippen LogP contribution in [-0.4, -0.2) is 38.2 Å².